The van der Waals surface area contributed by atoms with E-state index in [2.05, 4.69) is 34.4 Å². The highest BCUT2D eigenvalue weighted by molar-refractivity contribution is 6.05. The molecule has 2 aromatic carbocycles. The van der Waals surface area contributed by atoms with Gasteiger partial charge in [-0.2, -0.15) is 0 Å². The van der Waals surface area contributed by atoms with E-state index >= 15 is 0 Å². The second-order valence-electron chi connectivity index (χ2n) is 11.8. The first-order valence-corrected chi connectivity index (χ1v) is 14.2. The van der Waals surface area contributed by atoms with E-state index in [0.29, 0.717) is 41.9 Å². The van der Waals surface area contributed by atoms with Gasteiger partial charge in [0.1, 0.15) is 5.75 Å². The normalized spacial score (nSPS) is 19.3. The number of nitrogens with zero attached hydrogens (tertiary/aromatic N) is 4. The number of aromatic nitrogens is 3. The zero-order valence-electron chi connectivity index (χ0n) is 23.9. The first kappa shape index (κ1) is 27.4. The number of anilines is 2. The van der Waals surface area contributed by atoms with E-state index in [-0.39, 0.29) is 23.3 Å². The number of hydrogen-bond donors (Lipinski definition) is 3. The van der Waals surface area contributed by atoms with E-state index in [0.717, 1.165) is 41.3 Å². The molecule has 0 unspecified atom stereocenters. The van der Waals surface area contributed by atoms with E-state index in [1.54, 1.807) is 18.5 Å². The van der Waals surface area contributed by atoms with Crippen molar-refractivity contribution in [3.63, 3.8) is 0 Å². The number of carbonyl (C=O) groups is 2. The molecule has 1 aliphatic heterocycles. The molecule has 1 aliphatic carbocycles. The molecule has 0 bridgehead atoms. The molecule has 216 valence electrons. The molecule has 2 amide bonds. The third kappa shape index (κ3) is 5.57. The van der Waals surface area contributed by atoms with Gasteiger partial charge in [-0.15, -0.1) is 0 Å². The molecule has 6 rings (SSSR count). The van der Waals surface area contributed by atoms with Crippen LogP contribution in [-0.4, -0.2) is 56.1 Å². The lowest BCUT2D eigenvalue weighted by Crippen LogP contribution is -2.44. The van der Waals surface area contributed by atoms with Crippen molar-refractivity contribution < 1.29 is 19.4 Å². The van der Waals surface area contributed by atoms with Crippen molar-refractivity contribution in [2.75, 3.05) is 23.7 Å². The van der Waals surface area contributed by atoms with Gasteiger partial charge in [-0.05, 0) is 61.4 Å². The molecule has 1 saturated heterocycles. The van der Waals surface area contributed by atoms with Crippen LogP contribution in [0.25, 0.3) is 22.0 Å². The largest absolute Gasteiger partial charge is 0.465 e. The SMILES string of the molecule is Cc1ccc2c(NC(=O)[C@@H]3CC3(C)C)cccc2c1Oc1ncccc1-c1ccnc(N[C@H]2CCCN(C(=O)O)C2)n1. The number of fused-ring (bicyclic) bond motifs is 1. The zero-order chi connectivity index (χ0) is 29.4. The van der Waals surface area contributed by atoms with Gasteiger partial charge in [0.05, 0.1) is 11.3 Å². The minimum Gasteiger partial charge on any atom is -0.465 e. The Morgan fingerprint density at radius 1 is 1.05 bits per heavy atom. The van der Waals surface area contributed by atoms with Crippen LogP contribution in [-0.2, 0) is 4.79 Å². The molecule has 1 saturated carbocycles. The molecule has 10 nitrogen and oxygen atoms in total. The Morgan fingerprint density at radius 2 is 1.88 bits per heavy atom. The molecule has 0 spiro atoms. The molecular weight excluding hydrogens is 532 g/mol. The van der Waals surface area contributed by atoms with Crippen molar-refractivity contribution in [3.8, 4) is 22.9 Å². The maximum atomic E-state index is 12.9. The summed E-state index contributed by atoms with van der Waals surface area (Å²) < 4.78 is 6.51. The van der Waals surface area contributed by atoms with E-state index in [1.807, 2.05) is 49.4 Å². The van der Waals surface area contributed by atoms with Crippen molar-refractivity contribution in [1.29, 1.82) is 0 Å². The number of rotatable bonds is 7. The molecule has 2 atom stereocenters. The number of amides is 2. The molecule has 10 heteroatoms. The number of nitrogens with one attached hydrogen (secondary N) is 2. The molecular formula is C32H34N6O4. The quantitative estimate of drug-likeness (QED) is 0.237. The van der Waals surface area contributed by atoms with Crippen LogP contribution in [0.2, 0.25) is 0 Å². The number of pyridine rings is 1. The number of hydrogen-bond acceptors (Lipinski definition) is 7. The maximum absolute atomic E-state index is 12.9. The molecule has 2 aromatic heterocycles. The smallest absolute Gasteiger partial charge is 0.407 e. The zero-order valence-corrected chi connectivity index (χ0v) is 23.9. The number of likely N-dealkylation sites (tertiary alicyclic amines) is 1. The molecule has 3 heterocycles. The van der Waals surface area contributed by atoms with E-state index in [4.69, 9.17) is 9.72 Å². The average molecular weight is 567 g/mol. The fraction of sp³-hybridized carbons (Fsp3) is 0.344. The Balaban J connectivity index is 1.28. The molecule has 2 aliphatic rings. The van der Waals surface area contributed by atoms with Gasteiger partial charge in [-0.1, -0.05) is 38.1 Å². The van der Waals surface area contributed by atoms with E-state index in [9.17, 15) is 14.7 Å². The number of ether oxygens (including phenoxy) is 1. The second kappa shape index (κ2) is 10.9. The Bertz CT molecular complexity index is 1670. The summed E-state index contributed by atoms with van der Waals surface area (Å²) in [5, 5.41) is 17.6. The molecule has 42 heavy (non-hydrogen) atoms. The van der Waals surface area contributed by atoms with Crippen LogP contribution in [0.3, 0.4) is 0 Å². The van der Waals surface area contributed by atoms with Crippen molar-refractivity contribution in [2.45, 2.75) is 46.1 Å². The van der Waals surface area contributed by atoms with Crippen LogP contribution >= 0.6 is 0 Å². The van der Waals surface area contributed by atoms with Gasteiger partial charge in [-0.3, -0.25) is 4.79 Å². The van der Waals surface area contributed by atoms with Crippen LogP contribution in [0.15, 0.2) is 60.9 Å². The van der Waals surface area contributed by atoms with Gasteiger partial charge in [0.2, 0.25) is 17.7 Å². The van der Waals surface area contributed by atoms with Gasteiger partial charge >= 0.3 is 6.09 Å². The maximum Gasteiger partial charge on any atom is 0.407 e. The van der Waals surface area contributed by atoms with Gasteiger partial charge in [-0.25, -0.2) is 19.7 Å². The summed E-state index contributed by atoms with van der Waals surface area (Å²) in [5.41, 5.74) is 3.04. The lowest BCUT2D eigenvalue weighted by molar-refractivity contribution is -0.117. The minimum absolute atomic E-state index is 0.0199. The van der Waals surface area contributed by atoms with Crippen molar-refractivity contribution >= 4 is 34.4 Å². The van der Waals surface area contributed by atoms with Crippen molar-refractivity contribution in [3.05, 3.63) is 66.5 Å². The standard InChI is InChI=1S/C32H34N6O4/c1-19-11-12-21-22(8-4-10-25(21)36-28(39)24-17-32(24,2)3)27(19)42-29-23(9-5-14-33-29)26-13-15-34-30(37-26)35-20-7-6-16-38(18-20)31(40)41/h4-5,8-15,20,24H,6-7,16-18H2,1-3H3,(H,36,39)(H,40,41)(H,34,35,37)/t20-,24-/m0/s1. The number of piperidine rings is 1. The monoisotopic (exact) mass is 566 g/mol. The minimum atomic E-state index is -0.918. The summed E-state index contributed by atoms with van der Waals surface area (Å²) in [6.07, 6.45) is 4.92. The lowest BCUT2D eigenvalue weighted by Gasteiger charge is -2.31. The summed E-state index contributed by atoms with van der Waals surface area (Å²) in [5.74, 6) is 1.52. The number of benzene rings is 2. The molecule has 4 aromatic rings. The highest BCUT2D eigenvalue weighted by atomic mass is 16.5. The third-order valence-corrected chi connectivity index (χ3v) is 8.22. The van der Waals surface area contributed by atoms with Crippen molar-refractivity contribution in [2.24, 2.45) is 11.3 Å². The number of aryl methyl sites for hydroxylation is 1. The fourth-order valence-electron chi connectivity index (χ4n) is 5.61. The van der Waals surface area contributed by atoms with Crippen LogP contribution in [0.1, 0.15) is 38.7 Å². The summed E-state index contributed by atoms with van der Waals surface area (Å²) >= 11 is 0. The Labute approximate surface area is 244 Å². The topological polar surface area (TPSA) is 130 Å². The van der Waals surface area contributed by atoms with Gasteiger partial charge in [0, 0.05) is 53.9 Å². The second-order valence-corrected chi connectivity index (χ2v) is 11.8. The highest BCUT2D eigenvalue weighted by Crippen LogP contribution is 2.52. The fourth-order valence-corrected chi connectivity index (χ4v) is 5.61. The molecule has 2 fully saturated rings. The van der Waals surface area contributed by atoms with Crippen LogP contribution in [0.4, 0.5) is 16.4 Å². The van der Waals surface area contributed by atoms with Crippen LogP contribution in [0, 0.1) is 18.3 Å². The van der Waals surface area contributed by atoms with Gasteiger partial charge in [0.25, 0.3) is 0 Å². The Kier molecular flexibility index (Phi) is 7.14. The summed E-state index contributed by atoms with van der Waals surface area (Å²) in [7, 11) is 0. The summed E-state index contributed by atoms with van der Waals surface area (Å²) in [6.45, 7) is 7.11. The van der Waals surface area contributed by atoms with Gasteiger partial charge in [0.15, 0.2) is 0 Å². The Hall–Kier alpha value is -4.73. The predicted molar refractivity (Wildman–Crippen MR) is 161 cm³/mol. The van der Waals surface area contributed by atoms with E-state index in [1.165, 1.54) is 4.90 Å². The van der Waals surface area contributed by atoms with Crippen LogP contribution in [0.5, 0.6) is 11.6 Å². The highest BCUT2D eigenvalue weighted by Gasteiger charge is 2.50. The first-order valence-electron chi connectivity index (χ1n) is 14.2. The van der Waals surface area contributed by atoms with Crippen LogP contribution < -0.4 is 15.4 Å². The first-order chi connectivity index (χ1) is 20.2. The number of carboxylic acid groups (broad SMARTS) is 1. The molecule has 3 N–H and O–H groups in total. The van der Waals surface area contributed by atoms with E-state index < -0.39 is 6.09 Å². The third-order valence-electron chi connectivity index (χ3n) is 8.22. The average Bonchev–Trinajstić information content (AvgIpc) is 3.63. The Morgan fingerprint density at radius 3 is 2.67 bits per heavy atom. The lowest BCUT2D eigenvalue weighted by atomic mass is 10.0. The van der Waals surface area contributed by atoms with Gasteiger partial charge < -0.3 is 25.4 Å². The summed E-state index contributed by atoms with van der Waals surface area (Å²) in [6, 6.07) is 15.2. The van der Waals surface area contributed by atoms with Crippen molar-refractivity contribution in [1.82, 2.24) is 19.9 Å². The predicted octanol–water partition coefficient (Wildman–Crippen LogP) is 6.33. The summed E-state index contributed by atoms with van der Waals surface area (Å²) in [4.78, 5) is 39.4. The number of carbonyl (C=O) groups excluding carboxylic acids is 1. The molecule has 0 radical (unpaired) electrons.